The number of unbranched alkanes of at least 4 members (excludes halogenated alkanes) is 14. The van der Waals surface area contributed by atoms with Crippen LogP contribution in [0.25, 0.3) is 0 Å². The summed E-state index contributed by atoms with van der Waals surface area (Å²) in [5, 5.41) is 9.47. The highest BCUT2D eigenvalue weighted by Crippen LogP contribution is 2.17. The molecule has 0 aliphatic heterocycles. The van der Waals surface area contributed by atoms with Crippen molar-refractivity contribution in [3.63, 3.8) is 0 Å². The zero-order chi connectivity index (χ0) is 21.8. The summed E-state index contributed by atoms with van der Waals surface area (Å²) in [4.78, 5) is 0. The molecule has 0 bridgehead atoms. The number of hydrogen-bond donors (Lipinski definition) is 2. The summed E-state index contributed by atoms with van der Waals surface area (Å²) in [6.45, 7) is 4.06. The Labute approximate surface area is 182 Å². The molecule has 2 unspecified atom stereocenters. The van der Waals surface area contributed by atoms with E-state index in [1.54, 1.807) is 0 Å². The summed E-state index contributed by atoms with van der Waals surface area (Å²) in [5.41, 5.74) is 0. The lowest BCUT2D eigenvalue weighted by atomic mass is 10.0. The molecule has 0 rings (SSSR count). The van der Waals surface area contributed by atoms with Gasteiger partial charge in [0.15, 0.2) is 0 Å². The molecule has 0 aromatic rings. The molecule has 29 heavy (non-hydrogen) atoms. The Hall–Kier alpha value is -0.130. The van der Waals surface area contributed by atoms with Crippen LogP contribution in [0.1, 0.15) is 142 Å². The van der Waals surface area contributed by atoms with Crippen LogP contribution in [0, 0.1) is 0 Å². The third-order valence-electron chi connectivity index (χ3n) is 6.08. The van der Waals surface area contributed by atoms with Crippen molar-refractivity contribution in [1.29, 1.82) is 0 Å². The van der Waals surface area contributed by atoms with Crippen LogP contribution in [-0.2, 0) is 10.1 Å². The van der Waals surface area contributed by atoms with Crippen molar-refractivity contribution in [2.45, 2.75) is 154 Å². The molecule has 0 aliphatic rings. The molecule has 0 aromatic carbocycles. The van der Waals surface area contributed by atoms with Gasteiger partial charge < -0.3 is 5.11 Å². The fourth-order valence-electron chi connectivity index (χ4n) is 4.03. The van der Waals surface area contributed by atoms with Crippen LogP contribution in [-0.4, -0.2) is 29.4 Å². The minimum Gasteiger partial charge on any atom is -0.393 e. The highest BCUT2D eigenvalue weighted by molar-refractivity contribution is 7.86. The normalized spacial score (nSPS) is 14.2. The molecule has 0 saturated heterocycles. The molecule has 4 nitrogen and oxygen atoms in total. The molecule has 2 atom stereocenters. The van der Waals surface area contributed by atoms with Crippen LogP contribution in [0.15, 0.2) is 0 Å². The van der Waals surface area contributed by atoms with Crippen LogP contribution in [0.5, 0.6) is 0 Å². The van der Waals surface area contributed by atoms with E-state index in [4.69, 9.17) is 4.55 Å². The van der Waals surface area contributed by atoms with E-state index in [2.05, 4.69) is 6.92 Å². The molecule has 2 N–H and O–H groups in total. The lowest BCUT2D eigenvalue weighted by Gasteiger charge is -2.11. The third kappa shape index (κ3) is 19.6. The smallest absolute Gasteiger partial charge is 0.267 e. The van der Waals surface area contributed by atoms with Crippen LogP contribution < -0.4 is 0 Å². The van der Waals surface area contributed by atoms with Crippen LogP contribution in [0.2, 0.25) is 0 Å². The minimum absolute atomic E-state index is 0.0886. The quantitative estimate of drug-likeness (QED) is 0.137. The fourth-order valence-corrected chi connectivity index (χ4v) is 4.92. The molecule has 0 fully saturated rings. The second kappa shape index (κ2) is 19.8. The fraction of sp³-hybridized carbons (Fsp3) is 1.00. The van der Waals surface area contributed by atoms with Crippen molar-refractivity contribution in [2.75, 3.05) is 0 Å². The first-order valence-corrected chi connectivity index (χ1v) is 14.1. The lowest BCUT2D eigenvalue weighted by Crippen LogP contribution is -2.19. The van der Waals surface area contributed by atoms with E-state index in [1.807, 2.05) is 6.92 Å². The summed E-state index contributed by atoms with van der Waals surface area (Å²) in [6.07, 6.45) is 22.5. The van der Waals surface area contributed by atoms with Gasteiger partial charge in [0.2, 0.25) is 0 Å². The van der Waals surface area contributed by atoms with E-state index in [-0.39, 0.29) is 6.10 Å². The van der Waals surface area contributed by atoms with E-state index in [9.17, 15) is 13.5 Å². The van der Waals surface area contributed by atoms with Crippen LogP contribution in [0.3, 0.4) is 0 Å². The Balaban J connectivity index is 3.31. The Morgan fingerprint density at radius 3 is 1.28 bits per heavy atom. The van der Waals surface area contributed by atoms with Gasteiger partial charge in [0.1, 0.15) is 0 Å². The van der Waals surface area contributed by atoms with Gasteiger partial charge in [-0.05, 0) is 25.7 Å². The first-order valence-electron chi connectivity index (χ1n) is 12.6. The standard InChI is InChI=1S/C24H50O4S/c1-3-5-6-7-14-17-20-23(25)21-18-15-12-10-8-9-11-13-16-19-22-24(4-2)29(26,27)28/h23-25H,3-22H2,1-2H3,(H,26,27,28). The summed E-state index contributed by atoms with van der Waals surface area (Å²) in [5.74, 6) is 0. The van der Waals surface area contributed by atoms with Crippen molar-refractivity contribution < 1.29 is 18.1 Å². The van der Waals surface area contributed by atoms with Gasteiger partial charge in [-0.25, -0.2) is 0 Å². The van der Waals surface area contributed by atoms with Gasteiger partial charge in [-0.1, -0.05) is 117 Å². The summed E-state index contributed by atoms with van der Waals surface area (Å²) in [6, 6.07) is 0. The van der Waals surface area contributed by atoms with Gasteiger partial charge in [0, 0.05) is 0 Å². The average Bonchev–Trinajstić information content (AvgIpc) is 2.67. The predicted molar refractivity (Wildman–Crippen MR) is 125 cm³/mol. The Morgan fingerprint density at radius 1 is 0.586 bits per heavy atom. The number of rotatable bonds is 22. The molecule has 0 heterocycles. The highest BCUT2D eigenvalue weighted by atomic mass is 32.2. The van der Waals surface area contributed by atoms with Crippen molar-refractivity contribution in [3.05, 3.63) is 0 Å². The Kier molecular flexibility index (Phi) is 19.7. The number of aliphatic hydroxyl groups is 1. The van der Waals surface area contributed by atoms with Crippen molar-refractivity contribution in [2.24, 2.45) is 0 Å². The SMILES string of the molecule is CCCCCCCCC(O)CCCCCCCCCCCCC(CC)S(=O)(=O)O. The van der Waals surface area contributed by atoms with Gasteiger partial charge in [-0.15, -0.1) is 0 Å². The van der Waals surface area contributed by atoms with E-state index in [0.717, 1.165) is 38.5 Å². The number of hydrogen-bond acceptors (Lipinski definition) is 3. The molecule has 0 saturated carbocycles. The lowest BCUT2D eigenvalue weighted by molar-refractivity contribution is 0.147. The van der Waals surface area contributed by atoms with Crippen molar-refractivity contribution in [1.82, 2.24) is 0 Å². The molecule has 5 heteroatoms. The van der Waals surface area contributed by atoms with Gasteiger partial charge in [0.25, 0.3) is 10.1 Å². The molecular weight excluding hydrogens is 384 g/mol. The maximum atomic E-state index is 11.1. The zero-order valence-electron chi connectivity index (χ0n) is 19.4. The monoisotopic (exact) mass is 434 g/mol. The first-order chi connectivity index (χ1) is 13.9. The summed E-state index contributed by atoms with van der Waals surface area (Å²) in [7, 11) is -3.86. The minimum atomic E-state index is -3.86. The molecule has 0 spiro atoms. The first kappa shape index (κ1) is 28.9. The average molecular weight is 435 g/mol. The highest BCUT2D eigenvalue weighted by Gasteiger charge is 2.19. The second-order valence-corrected chi connectivity index (χ2v) is 10.6. The van der Waals surface area contributed by atoms with Crippen molar-refractivity contribution in [3.8, 4) is 0 Å². The van der Waals surface area contributed by atoms with E-state index in [1.165, 1.54) is 77.0 Å². The molecule has 0 amide bonds. The van der Waals surface area contributed by atoms with Gasteiger partial charge in [-0.2, -0.15) is 8.42 Å². The molecule has 0 radical (unpaired) electrons. The van der Waals surface area contributed by atoms with E-state index < -0.39 is 15.4 Å². The predicted octanol–water partition coefficient (Wildman–Crippen LogP) is 7.45. The van der Waals surface area contributed by atoms with Crippen molar-refractivity contribution >= 4 is 10.1 Å². The van der Waals surface area contributed by atoms with Crippen LogP contribution in [0.4, 0.5) is 0 Å². The van der Waals surface area contributed by atoms with E-state index in [0.29, 0.717) is 12.8 Å². The van der Waals surface area contributed by atoms with Crippen LogP contribution >= 0.6 is 0 Å². The second-order valence-electron chi connectivity index (χ2n) is 8.87. The maximum Gasteiger partial charge on any atom is 0.267 e. The van der Waals surface area contributed by atoms with E-state index >= 15 is 0 Å². The summed E-state index contributed by atoms with van der Waals surface area (Å²) >= 11 is 0. The third-order valence-corrected chi connectivity index (χ3v) is 7.49. The largest absolute Gasteiger partial charge is 0.393 e. The summed E-state index contributed by atoms with van der Waals surface area (Å²) < 4.78 is 31.4. The Bertz CT molecular complexity index is 436. The number of aliphatic hydroxyl groups excluding tert-OH is 1. The Morgan fingerprint density at radius 2 is 0.931 bits per heavy atom. The van der Waals surface area contributed by atoms with Gasteiger partial charge in [0.05, 0.1) is 11.4 Å². The van der Waals surface area contributed by atoms with Gasteiger partial charge in [-0.3, -0.25) is 4.55 Å². The van der Waals surface area contributed by atoms with Gasteiger partial charge >= 0.3 is 0 Å². The molecule has 0 aromatic heterocycles. The molecular formula is C24H50O4S. The zero-order valence-corrected chi connectivity index (χ0v) is 20.2. The molecule has 176 valence electrons. The maximum absolute atomic E-state index is 11.1. The molecule has 0 aliphatic carbocycles. The topological polar surface area (TPSA) is 74.6 Å².